The molecule has 1 atom stereocenters. The highest BCUT2D eigenvalue weighted by Gasteiger charge is 2.32. The first-order valence-corrected chi connectivity index (χ1v) is 15.2. The van der Waals surface area contributed by atoms with Crippen LogP contribution in [0.2, 0.25) is 10.0 Å². The summed E-state index contributed by atoms with van der Waals surface area (Å²) in [6.45, 7) is 0.182. The fourth-order valence-corrected chi connectivity index (χ4v) is 6.19. The first-order valence-electron chi connectivity index (χ1n) is 13.3. The summed E-state index contributed by atoms with van der Waals surface area (Å²) in [5.74, 6) is 0.128. The van der Waals surface area contributed by atoms with Gasteiger partial charge >= 0.3 is 0 Å². The van der Waals surface area contributed by atoms with E-state index in [2.05, 4.69) is 5.32 Å². The van der Waals surface area contributed by atoms with E-state index >= 15 is 0 Å². The molecule has 0 saturated heterocycles. The van der Waals surface area contributed by atoms with Crippen LogP contribution in [0.4, 0.5) is 4.39 Å². The number of nitrogens with zero attached hydrogens (tertiary/aromatic N) is 1. The van der Waals surface area contributed by atoms with Gasteiger partial charge < -0.3 is 10.2 Å². The van der Waals surface area contributed by atoms with E-state index in [1.54, 1.807) is 35.2 Å². The van der Waals surface area contributed by atoms with Crippen molar-refractivity contribution in [1.82, 2.24) is 10.2 Å². The molecule has 0 aromatic heterocycles. The second-order valence-electron chi connectivity index (χ2n) is 9.93. The zero-order valence-electron chi connectivity index (χ0n) is 21.8. The van der Waals surface area contributed by atoms with E-state index in [1.807, 2.05) is 30.3 Å². The summed E-state index contributed by atoms with van der Waals surface area (Å²) < 4.78 is 13.3. The average Bonchev–Trinajstić information content (AvgIpc) is 2.94. The van der Waals surface area contributed by atoms with Gasteiger partial charge in [-0.05, 0) is 53.8 Å². The van der Waals surface area contributed by atoms with Crippen LogP contribution >= 0.6 is 35.0 Å². The van der Waals surface area contributed by atoms with Gasteiger partial charge in [-0.2, -0.15) is 0 Å². The molecule has 0 unspecified atom stereocenters. The fourth-order valence-electron chi connectivity index (χ4n) is 4.85. The van der Waals surface area contributed by atoms with Crippen molar-refractivity contribution < 1.29 is 14.0 Å². The van der Waals surface area contributed by atoms with Crippen LogP contribution in [0.5, 0.6) is 0 Å². The number of nitrogens with one attached hydrogen (secondary N) is 1. The van der Waals surface area contributed by atoms with E-state index in [0.29, 0.717) is 22.2 Å². The molecule has 1 saturated carbocycles. The predicted molar refractivity (Wildman–Crippen MR) is 159 cm³/mol. The predicted octanol–water partition coefficient (Wildman–Crippen LogP) is 7.45. The number of amides is 2. The Morgan fingerprint density at radius 2 is 1.67 bits per heavy atom. The number of benzene rings is 3. The first-order chi connectivity index (χ1) is 18.9. The van der Waals surface area contributed by atoms with E-state index in [-0.39, 0.29) is 36.0 Å². The van der Waals surface area contributed by atoms with Crippen molar-refractivity contribution in [1.29, 1.82) is 0 Å². The van der Waals surface area contributed by atoms with E-state index in [9.17, 15) is 14.0 Å². The monoisotopic (exact) mass is 586 g/mol. The van der Waals surface area contributed by atoms with Crippen LogP contribution < -0.4 is 5.32 Å². The maximum Gasteiger partial charge on any atom is 0.243 e. The van der Waals surface area contributed by atoms with E-state index in [1.165, 1.54) is 30.3 Å². The number of rotatable bonds is 11. The lowest BCUT2D eigenvalue weighted by Crippen LogP contribution is -2.53. The number of hydrogen-bond donors (Lipinski definition) is 1. The maximum atomic E-state index is 13.8. The smallest absolute Gasteiger partial charge is 0.243 e. The molecule has 3 aromatic rings. The van der Waals surface area contributed by atoms with Gasteiger partial charge in [0.05, 0.1) is 5.75 Å². The second-order valence-corrected chi connectivity index (χ2v) is 11.8. The molecule has 39 heavy (non-hydrogen) atoms. The number of carbonyl (C=O) groups excluding carboxylic acids is 2. The number of carbonyl (C=O) groups is 2. The Hall–Kier alpha value is -2.54. The third-order valence-electron chi connectivity index (χ3n) is 6.99. The topological polar surface area (TPSA) is 49.4 Å². The molecule has 0 spiro atoms. The minimum Gasteiger partial charge on any atom is -0.352 e. The summed E-state index contributed by atoms with van der Waals surface area (Å²) >= 11 is 14.1. The van der Waals surface area contributed by atoms with Crippen molar-refractivity contribution in [2.24, 2.45) is 0 Å². The van der Waals surface area contributed by atoms with Gasteiger partial charge in [0.1, 0.15) is 11.9 Å². The van der Waals surface area contributed by atoms with Gasteiger partial charge in [-0.25, -0.2) is 4.39 Å². The highest BCUT2D eigenvalue weighted by Crippen LogP contribution is 2.26. The standard InChI is InChI=1S/C31H33Cl2FN2O2S/c32-25-14-13-24(28(33)18-25)19-36(30(37)21-39-20-23-11-15-26(34)16-12-23)29(17-22-7-3-1-4-8-22)31(38)35-27-9-5-2-6-10-27/h1,3-4,7-8,11-16,18,27,29H,2,5-6,9-10,17,19-21H2,(H,35,38)/t29-/m1/s1. The molecule has 0 heterocycles. The van der Waals surface area contributed by atoms with Crippen molar-refractivity contribution in [3.63, 3.8) is 0 Å². The lowest BCUT2D eigenvalue weighted by atomic mass is 9.94. The Balaban J connectivity index is 1.58. The van der Waals surface area contributed by atoms with Crippen molar-refractivity contribution in [3.8, 4) is 0 Å². The van der Waals surface area contributed by atoms with Crippen molar-refractivity contribution >= 4 is 46.8 Å². The van der Waals surface area contributed by atoms with Gasteiger partial charge in [0.2, 0.25) is 11.8 Å². The SMILES string of the molecule is O=C(NC1CCCCC1)[C@@H](Cc1ccccc1)N(Cc1ccc(Cl)cc1Cl)C(=O)CSCc1ccc(F)cc1. The summed E-state index contributed by atoms with van der Waals surface area (Å²) in [5.41, 5.74) is 2.62. The normalized spacial score (nSPS) is 14.5. The quantitative estimate of drug-likeness (QED) is 0.254. The molecule has 8 heteroatoms. The van der Waals surface area contributed by atoms with Crippen LogP contribution in [0.1, 0.15) is 48.8 Å². The minimum atomic E-state index is -0.708. The molecule has 1 aliphatic rings. The first kappa shape index (κ1) is 29.4. The highest BCUT2D eigenvalue weighted by atomic mass is 35.5. The largest absolute Gasteiger partial charge is 0.352 e. The Kier molecular flexibility index (Phi) is 11.1. The van der Waals surface area contributed by atoms with Crippen LogP contribution in [0.15, 0.2) is 72.8 Å². The molecule has 1 fully saturated rings. The molecule has 2 amide bonds. The maximum absolute atomic E-state index is 13.8. The third kappa shape index (κ3) is 8.99. The summed E-state index contributed by atoms with van der Waals surface area (Å²) in [4.78, 5) is 29.3. The Labute approximate surface area is 244 Å². The summed E-state index contributed by atoms with van der Waals surface area (Å²) in [6.07, 6.45) is 5.67. The summed E-state index contributed by atoms with van der Waals surface area (Å²) in [5, 5.41) is 4.20. The molecule has 0 bridgehead atoms. The van der Waals surface area contributed by atoms with Gasteiger partial charge in [0, 0.05) is 34.8 Å². The van der Waals surface area contributed by atoms with Crippen LogP contribution in [0.3, 0.4) is 0 Å². The molecular weight excluding hydrogens is 554 g/mol. The average molecular weight is 588 g/mol. The molecule has 1 aliphatic carbocycles. The van der Waals surface area contributed by atoms with Crippen molar-refractivity contribution in [2.45, 2.75) is 62.9 Å². The zero-order valence-corrected chi connectivity index (χ0v) is 24.1. The van der Waals surface area contributed by atoms with Crippen molar-refractivity contribution in [2.75, 3.05) is 5.75 Å². The Morgan fingerprint density at radius 3 is 2.36 bits per heavy atom. The molecule has 3 aromatic carbocycles. The molecule has 1 N–H and O–H groups in total. The van der Waals surface area contributed by atoms with E-state index in [0.717, 1.165) is 42.4 Å². The van der Waals surface area contributed by atoms with Crippen LogP contribution in [0.25, 0.3) is 0 Å². The van der Waals surface area contributed by atoms with E-state index < -0.39 is 6.04 Å². The third-order valence-corrected chi connectivity index (χ3v) is 8.56. The molecular formula is C31H33Cl2FN2O2S. The molecule has 0 aliphatic heterocycles. The Bertz CT molecular complexity index is 1240. The van der Waals surface area contributed by atoms with Crippen LogP contribution in [-0.4, -0.2) is 34.6 Å². The zero-order chi connectivity index (χ0) is 27.6. The number of hydrogen-bond acceptors (Lipinski definition) is 3. The molecule has 0 radical (unpaired) electrons. The van der Waals surface area contributed by atoms with E-state index in [4.69, 9.17) is 23.2 Å². The number of halogens is 3. The number of thioether (sulfide) groups is 1. The molecule has 4 rings (SSSR count). The summed E-state index contributed by atoms with van der Waals surface area (Å²) in [6, 6.07) is 20.6. The van der Waals surface area contributed by atoms with Gasteiger partial charge in [0.25, 0.3) is 0 Å². The van der Waals surface area contributed by atoms with Gasteiger partial charge in [-0.3, -0.25) is 9.59 Å². The van der Waals surface area contributed by atoms with Gasteiger partial charge in [-0.15, -0.1) is 11.8 Å². The van der Waals surface area contributed by atoms with Crippen molar-refractivity contribution in [3.05, 3.63) is 105 Å². The second kappa shape index (κ2) is 14.7. The lowest BCUT2D eigenvalue weighted by Gasteiger charge is -2.33. The van der Waals surface area contributed by atoms with Gasteiger partial charge in [0.15, 0.2) is 0 Å². The molecule has 206 valence electrons. The minimum absolute atomic E-state index is 0.119. The summed E-state index contributed by atoms with van der Waals surface area (Å²) in [7, 11) is 0. The van der Waals surface area contributed by atoms with Gasteiger partial charge in [-0.1, -0.05) is 91.0 Å². The molecule has 4 nitrogen and oxygen atoms in total. The highest BCUT2D eigenvalue weighted by molar-refractivity contribution is 7.99. The fraction of sp³-hybridized carbons (Fsp3) is 0.355. The van der Waals surface area contributed by atoms with Crippen LogP contribution in [-0.2, 0) is 28.3 Å². The lowest BCUT2D eigenvalue weighted by molar-refractivity contribution is -0.139. The van der Waals surface area contributed by atoms with Crippen LogP contribution in [0, 0.1) is 5.82 Å². The Morgan fingerprint density at radius 1 is 0.949 bits per heavy atom.